The molecule has 2 nitrogen and oxygen atoms in total. The summed E-state index contributed by atoms with van der Waals surface area (Å²) >= 11 is 6.16. The number of hydrogen-bond donors (Lipinski definition) is 1. The molecule has 1 unspecified atom stereocenters. The first-order chi connectivity index (χ1) is 10.0. The van der Waals surface area contributed by atoms with Crippen LogP contribution >= 0.6 is 11.6 Å². The van der Waals surface area contributed by atoms with Crippen LogP contribution in [0.2, 0.25) is 5.02 Å². The highest BCUT2D eigenvalue weighted by Crippen LogP contribution is 2.33. The summed E-state index contributed by atoms with van der Waals surface area (Å²) in [6.45, 7) is 3.92. The second-order valence-electron chi connectivity index (χ2n) is 5.12. The van der Waals surface area contributed by atoms with Gasteiger partial charge in [-0.3, -0.25) is 0 Å². The molecule has 0 aliphatic rings. The first-order valence-corrected chi connectivity index (χ1v) is 7.36. The Labute approximate surface area is 129 Å². The van der Waals surface area contributed by atoms with Crippen molar-refractivity contribution in [2.24, 2.45) is 5.73 Å². The largest absolute Gasteiger partial charge is 0.455 e. The van der Waals surface area contributed by atoms with Crippen LogP contribution < -0.4 is 10.5 Å². The van der Waals surface area contributed by atoms with E-state index in [1.807, 2.05) is 26.0 Å². The van der Waals surface area contributed by atoms with Gasteiger partial charge in [-0.25, -0.2) is 4.39 Å². The number of ether oxygens (including phenoxy) is 1. The Morgan fingerprint density at radius 3 is 2.67 bits per heavy atom. The van der Waals surface area contributed by atoms with Gasteiger partial charge in [0.25, 0.3) is 0 Å². The molecule has 0 saturated carbocycles. The minimum atomic E-state index is -0.306. The molecule has 0 aromatic heterocycles. The molecule has 2 N–H and O–H groups in total. The van der Waals surface area contributed by atoms with E-state index in [1.165, 1.54) is 6.07 Å². The van der Waals surface area contributed by atoms with E-state index in [4.69, 9.17) is 22.1 Å². The maximum Gasteiger partial charge on any atom is 0.146 e. The lowest BCUT2D eigenvalue weighted by Gasteiger charge is -2.15. The molecule has 0 radical (unpaired) electrons. The van der Waals surface area contributed by atoms with Crippen LogP contribution in [-0.4, -0.2) is 6.04 Å². The number of hydrogen-bond acceptors (Lipinski definition) is 2. The van der Waals surface area contributed by atoms with E-state index in [9.17, 15) is 4.39 Å². The Balaban J connectivity index is 2.33. The number of nitrogens with two attached hydrogens (primary N) is 1. The third kappa shape index (κ3) is 3.96. The zero-order valence-electron chi connectivity index (χ0n) is 12.2. The maximum absolute atomic E-state index is 14.0. The predicted molar refractivity (Wildman–Crippen MR) is 84.6 cm³/mol. The molecule has 112 valence electrons. The molecule has 0 spiro atoms. The summed E-state index contributed by atoms with van der Waals surface area (Å²) in [6.07, 6.45) is 1.21. The maximum atomic E-state index is 14.0. The van der Waals surface area contributed by atoms with Crippen molar-refractivity contribution in [3.05, 3.63) is 58.4 Å². The van der Waals surface area contributed by atoms with Crippen LogP contribution in [0.25, 0.3) is 0 Å². The van der Waals surface area contributed by atoms with Gasteiger partial charge < -0.3 is 10.5 Å². The number of rotatable bonds is 5. The van der Waals surface area contributed by atoms with Gasteiger partial charge in [-0.15, -0.1) is 0 Å². The Kier molecular flexibility index (Phi) is 5.21. The number of halogens is 2. The zero-order chi connectivity index (χ0) is 15.4. The van der Waals surface area contributed by atoms with Gasteiger partial charge in [0, 0.05) is 11.6 Å². The molecule has 0 aliphatic carbocycles. The minimum absolute atomic E-state index is 0.0993. The SMILES string of the molecule is CCC(N)Cc1c(F)cccc1Oc1ccc(C)cc1Cl. The molecule has 0 amide bonds. The van der Waals surface area contributed by atoms with Gasteiger partial charge in [-0.1, -0.05) is 30.7 Å². The van der Waals surface area contributed by atoms with Gasteiger partial charge in [-0.05, 0) is 49.6 Å². The highest BCUT2D eigenvalue weighted by Gasteiger charge is 2.14. The summed E-state index contributed by atoms with van der Waals surface area (Å²) in [4.78, 5) is 0. The lowest BCUT2D eigenvalue weighted by atomic mass is 10.0. The van der Waals surface area contributed by atoms with Crippen molar-refractivity contribution < 1.29 is 9.13 Å². The Hall–Kier alpha value is -1.58. The van der Waals surface area contributed by atoms with E-state index in [2.05, 4.69) is 0 Å². The molecule has 0 bridgehead atoms. The molecular formula is C17H19ClFNO. The van der Waals surface area contributed by atoms with E-state index < -0.39 is 0 Å². The van der Waals surface area contributed by atoms with E-state index in [0.717, 1.165) is 12.0 Å². The molecule has 0 saturated heterocycles. The Morgan fingerprint density at radius 2 is 2.00 bits per heavy atom. The van der Waals surface area contributed by atoms with E-state index >= 15 is 0 Å². The van der Waals surface area contributed by atoms with Crippen molar-refractivity contribution >= 4 is 11.6 Å². The summed E-state index contributed by atoms with van der Waals surface area (Å²) in [5.41, 5.74) is 7.47. The second kappa shape index (κ2) is 6.92. The molecule has 0 aliphatic heterocycles. The van der Waals surface area contributed by atoms with Crippen molar-refractivity contribution in [2.75, 3.05) is 0 Å². The highest BCUT2D eigenvalue weighted by atomic mass is 35.5. The van der Waals surface area contributed by atoms with E-state index in [0.29, 0.717) is 28.5 Å². The molecule has 21 heavy (non-hydrogen) atoms. The van der Waals surface area contributed by atoms with Crippen LogP contribution in [0.5, 0.6) is 11.5 Å². The van der Waals surface area contributed by atoms with Crippen molar-refractivity contribution in [3.63, 3.8) is 0 Å². The number of benzene rings is 2. The summed E-state index contributed by atoms with van der Waals surface area (Å²) in [5, 5.41) is 0.505. The third-order valence-corrected chi connectivity index (χ3v) is 3.67. The fourth-order valence-corrected chi connectivity index (χ4v) is 2.32. The molecule has 1 atom stereocenters. The fourth-order valence-electron chi connectivity index (χ4n) is 2.05. The molecule has 4 heteroatoms. The van der Waals surface area contributed by atoms with Gasteiger partial charge in [0.15, 0.2) is 0 Å². The minimum Gasteiger partial charge on any atom is -0.455 e. The van der Waals surface area contributed by atoms with Gasteiger partial charge in [0.05, 0.1) is 5.02 Å². The third-order valence-electron chi connectivity index (χ3n) is 3.37. The Bertz CT molecular complexity index is 630. The summed E-state index contributed by atoms with van der Waals surface area (Å²) in [6, 6.07) is 10.2. The lowest BCUT2D eigenvalue weighted by molar-refractivity contribution is 0.461. The highest BCUT2D eigenvalue weighted by molar-refractivity contribution is 6.32. The van der Waals surface area contributed by atoms with Gasteiger partial charge in [0.2, 0.25) is 0 Å². The lowest BCUT2D eigenvalue weighted by Crippen LogP contribution is -2.22. The zero-order valence-corrected chi connectivity index (χ0v) is 13.0. The molecule has 0 fully saturated rings. The van der Waals surface area contributed by atoms with Gasteiger partial charge >= 0.3 is 0 Å². The number of aryl methyl sites for hydroxylation is 1. The molecule has 0 heterocycles. The average molecular weight is 308 g/mol. The molecular weight excluding hydrogens is 289 g/mol. The smallest absolute Gasteiger partial charge is 0.146 e. The Morgan fingerprint density at radius 1 is 1.24 bits per heavy atom. The van der Waals surface area contributed by atoms with Crippen LogP contribution in [0.3, 0.4) is 0 Å². The van der Waals surface area contributed by atoms with Crippen LogP contribution in [0, 0.1) is 12.7 Å². The fraction of sp³-hybridized carbons (Fsp3) is 0.294. The van der Waals surface area contributed by atoms with Crippen LogP contribution in [0.4, 0.5) is 4.39 Å². The van der Waals surface area contributed by atoms with Crippen LogP contribution in [0.1, 0.15) is 24.5 Å². The summed E-state index contributed by atoms with van der Waals surface area (Å²) in [7, 11) is 0. The van der Waals surface area contributed by atoms with E-state index in [1.54, 1.807) is 18.2 Å². The quantitative estimate of drug-likeness (QED) is 0.856. The molecule has 2 aromatic carbocycles. The topological polar surface area (TPSA) is 35.2 Å². The summed E-state index contributed by atoms with van der Waals surface area (Å²) < 4.78 is 19.8. The standard InChI is InChI=1S/C17H19ClFNO/c1-3-12(20)10-13-15(19)5-4-6-16(13)21-17-8-7-11(2)9-14(17)18/h4-9,12H,3,10,20H2,1-2H3. The van der Waals surface area contributed by atoms with E-state index in [-0.39, 0.29) is 11.9 Å². The van der Waals surface area contributed by atoms with Crippen molar-refractivity contribution in [1.82, 2.24) is 0 Å². The second-order valence-corrected chi connectivity index (χ2v) is 5.53. The van der Waals surface area contributed by atoms with Crippen LogP contribution in [0.15, 0.2) is 36.4 Å². The van der Waals surface area contributed by atoms with Crippen molar-refractivity contribution in [1.29, 1.82) is 0 Å². The molecule has 2 rings (SSSR count). The summed E-state index contributed by atoms with van der Waals surface area (Å²) in [5.74, 6) is 0.670. The van der Waals surface area contributed by atoms with Gasteiger partial charge in [0.1, 0.15) is 17.3 Å². The predicted octanol–water partition coefficient (Wildman–Crippen LogP) is 4.86. The first kappa shape index (κ1) is 15.8. The average Bonchev–Trinajstić information content (AvgIpc) is 2.45. The van der Waals surface area contributed by atoms with Crippen LogP contribution in [-0.2, 0) is 6.42 Å². The van der Waals surface area contributed by atoms with Crippen molar-refractivity contribution in [2.45, 2.75) is 32.7 Å². The monoisotopic (exact) mass is 307 g/mol. The normalized spacial score (nSPS) is 12.2. The molecule has 2 aromatic rings. The first-order valence-electron chi connectivity index (χ1n) is 6.98. The van der Waals surface area contributed by atoms with Crippen molar-refractivity contribution in [3.8, 4) is 11.5 Å². The van der Waals surface area contributed by atoms with Gasteiger partial charge in [-0.2, -0.15) is 0 Å².